The molecule has 0 fully saturated rings. The van der Waals surface area contributed by atoms with Crippen molar-refractivity contribution in [2.75, 3.05) is 27.4 Å². The molecule has 0 aromatic heterocycles. The van der Waals surface area contributed by atoms with Crippen LogP contribution in [0.4, 0.5) is 4.39 Å². The van der Waals surface area contributed by atoms with Crippen molar-refractivity contribution in [3.05, 3.63) is 80.5 Å². The average Bonchev–Trinajstić information content (AvgIpc) is 2.86. The number of ketones is 1. The molecule has 2 aromatic rings. The van der Waals surface area contributed by atoms with Gasteiger partial charge in [0, 0.05) is 36.9 Å². The van der Waals surface area contributed by atoms with Gasteiger partial charge in [0.05, 0.1) is 35.7 Å². The molecule has 0 spiro atoms. The van der Waals surface area contributed by atoms with Crippen LogP contribution in [0.15, 0.2) is 63.5 Å². The Labute approximate surface area is 230 Å². The second-order valence-corrected chi connectivity index (χ2v) is 11.1. The molecule has 0 bridgehead atoms. The van der Waals surface area contributed by atoms with Crippen LogP contribution in [0.25, 0.3) is 0 Å². The first kappa shape index (κ1) is 27.7. The summed E-state index contributed by atoms with van der Waals surface area (Å²) in [5.74, 6) is 0.0414. The molecular weight excluding hydrogens is 553 g/mol. The molecular formula is C29H31BrFN3O4. The van der Waals surface area contributed by atoms with Crippen molar-refractivity contribution >= 4 is 21.7 Å². The Hall–Kier alpha value is -3.35. The van der Waals surface area contributed by atoms with E-state index < -0.39 is 5.92 Å². The summed E-state index contributed by atoms with van der Waals surface area (Å²) < 4.78 is 31.6. The molecule has 0 unspecified atom stereocenters. The van der Waals surface area contributed by atoms with Crippen LogP contribution in [0.1, 0.15) is 43.7 Å². The number of carbonyl (C=O) groups is 1. The molecule has 2 aromatic carbocycles. The van der Waals surface area contributed by atoms with Crippen LogP contribution < -0.4 is 15.2 Å². The lowest BCUT2D eigenvalue weighted by Gasteiger charge is -2.43. The van der Waals surface area contributed by atoms with Gasteiger partial charge in [0.2, 0.25) is 0 Å². The molecule has 1 aliphatic carbocycles. The summed E-state index contributed by atoms with van der Waals surface area (Å²) in [6, 6.07) is 12.2. The average molecular weight is 584 g/mol. The van der Waals surface area contributed by atoms with Gasteiger partial charge in [0.25, 0.3) is 0 Å². The molecule has 0 amide bonds. The zero-order valence-corrected chi connectivity index (χ0v) is 23.5. The van der Waals surface area contributed by atoms with Crippen LogP contribution in [0, 0.1) is 22.6 Å². The number of halogens is 2. The topological polar surface area (TPSA) is 97.8 Å². The zero-order valence-electron chi connectivity index (χ0n) is 21.9. The van der Waals surface area contributed by atoms with Crippen LogP contribution in [0.2, 0.25) is 0 Å². The van der Waals surface area contributed by atoms with Crippen LogP contribution in [0.5, 0.6) is 11.5 Å². The van der Waals surface area contributed by atoms with Crippen molar-refractivity contribution in [1.82, 2.24) is 4.90 Å². The minimum absolute atomic E-state index is 0.00195. The van der Waals surface area contributed by atoms with E-state index in [0.717, 1.165) is 5.70 Å². The normalized spacial score (nSPS) is 18.8. The van der Waals surface area contributed by atoms with Gasteiger partial charge in [0.1, 0.15) is 18.2 Å². The lowest BCUT2D eigenvalue weighted by molar-refractivity contribution is -0.118. The first-order chi connectivity index (χ1) is 18.1. The summed E-state index contributed by atoms with van der Waals surface area (Å²) in [4.78, 5) is 15.5. The third-order valence-corrected chi connectivity index (χ3v) is 7.51. The standard InChI is InChI=1S/C29H31BrFN3O4/c1-29(2)13-22-26(23(35)14-29)25(19(15-32)28(33)34(22)9-10-36-3)18-11-20(30)27(24(12-18)37-4)38-16-17-7-5-6-8-21(17)31/h5-8,11-12,25H,9-10,13-14,16,33H2,1-4H3/t25-/m0/s1. The summed E-state index contributed by atoms with van der Waals surface area (Å²) in [5, 5.41) is 10.2. The summed E-state index contributed by atoms with van der Waals surface area (Å²) in [6.07, 6.45) is 0.997. The van der Waals surface area contributed by atoms with Crippen LogP contribution in [-0.4, -0.2) is 38.1 Å². The molecule has 38 heavy (non-hydrogen) atoms. The maximum absolute atomic E-state index is 14.1. The number of benzene rings is 2. The fourth-order valence-corrected chi connectivity index (χ4v) is 5.73. The predicted octanol–water partition coefficient (Wildman–Crippen LogP) is 5.56. The van der Waals surface area contributed by atoms with E-state index in [4.69, 9.17) is 19.9 Å². The molecule has 1 heterocycles. The third-order valence-electron chi connectivity index (χ3n) is 6.92. The molecule has 200 valence electrons. The Balaban J connectivity index is 1.81. The van der Waals surface area contributed by atoms with Gasteiger partial charge in [-0.3, -0.25) is 4.79 Å². The minimum atomic E-state index is -0.664. The van der Waals surface area contributed by atoms with Crippen molar-refractivity contribution in [1.29, 1.82) is 5.26 Å². The fraction of sp³-hybridized carbons (Fsp3) is 0.379. The maximum atomic E-state index is 14.1. The second kappa shape index (κ2) is 11.2. The molecule has 0 saturated carbocycles. The molecule has 0 radical (unpaired) electrons. The highest BCUT2D eigenvalue weighted by atomic mass is 79.9. The molecule has 2 aliphatic rings. The van der Waals surface area contributed by atoms with Crippen LogP contribution in [-0.2, 0) is 16.1 Å². The number of rotatable bonds is 8. The number of hydrogen-bond donors (Lipinski definition) is 1. The van der Waals surface area contributed by atoms with Gasteiger partial charge in [-0.15, -0.1) is 0 Å². The van der Waals surface area contributed by atoms with Gasteiger partial charge < -0.3 is 24.8 Å². The lowest BCUT2D eigenvalue weighted by atomic mass is 9.68. The van der Waals surface area contributed by atoms with E-state index in [1.54, 1.807) is 37.4 Å². The number of carbonyl (C=O) groups excluding carboxylic acids is 1. The van der Waals surface area contributed by atoms with E-state index in [1.165, 1.54) is 13.2 Å². The van der Waals surface area contributed by atoms with E-state index in [-0.39, 0.29) is 23.6 Å². The van der Waals surface area contributed by atoms with E-state index in [1.807, 2.05) is 4.90 Å². The SMILES string of the molecule is COCCN1C(N)=C(C#N)[C@H](c2cc(Br)c(OCc3ccccc3F)c(OC)c2)C2=C1CC(C)(C)CC2=O. The van der Waals surface area contributed by atoms with Gasteiger partial charge in [-0.05, 0) is 51.5 Å². The fourth-order valence-electron chi connectivity index (χ4n) is 5.16. The number of Topliss-reactive ketones (excluding diaryl/α,β-unsaturated/α-hetero) is 1. The van der Waals surface area contributed by atoms with E-state index >= 15 is 0 Å². The molecule has 1 atom stereocenters. The number of nitrogens with two attached hydrogens (primary N) is 1. The number of allylic oxidation sites excluding steroid dienone is 3. The Morgan fingerprint density at radius 2 is 1.97 bits per heavy atom. The van der Waals surface area contributed by atoms with E-state index in [2.05, 4.69) is 35.8 Å². The molecule has 1 aliphatic heterocycles. The minimum Gasteiger partial charge on any atom is -0.493 e. The first-order valence-corrected chi connectivity index (χ1v) is 13.1. The van der Waals surface area contributed by atoms with Crippen molar-refractivity contribution in [3.63, 3.8) is 0 Å². The van der Waals surface area contributed by atoms with Crippen molar-refractivity contribution < 1.29 is 23.4 Å². The summed E-state index contributed by atoms with van der Waals surface area (Å²) >= 11 is 3.56. The number of methoxy groups -OCH3 is 2. The quantitative estimate of drug-likeness (QED) is 0.434. The summed E-state index contributed by atoms with van der Waals surface area (Å²) in [5.41, 5.74) is 9.09. The smallest absolute Gasteiger partial charge is 0.175 e. The van der Waals surface area contributed by atoms with Crippen molar-refractivity contribution in [2.24, 2.45) is 11.1 Å². The van der Waals surface area contributed by atoms with Gasteiger partial charge in [-0.2, -0.15) is 5.26 Å². The second-order valence-electron chi connectivity index (χ2n) is 10.2. The molecule has 9 heteroatoms. The molecule has 2 N–H and O–H groups in total. The zero-order chi connectivity index (χ0) is 27.6. The largest absolute Gasteiger partial charge is 0.493 e. The predicted molar refractivity (Wildman–Crippen MR) is 145 cm³/mol. The van der Waals surface area contributed by atoms with Crippen LogP contribution >= 0.6 is 15.9 Å². The number of ether oxygens (including phenoxy) is 3. The van der Waals surface area contributed by atoms with E-state index in [0.29, 0.717) is 70.1 Å². The highest BCUT2D eigenvalue weighted by Gasteiger charge is 2.44. The number of nitriles is 1. The Kier molecular flexibility index (Phi) is 8.14. The van der Waals surface area contributed by atoms with Crippen molar-refractivity contribution in [3.8, 4) is 17.6 Å². The molecule has 7 nitrogen and oxygen atoms in total. The third kappa shape index (κ3) is 5.29. The van der Waals surface area contributed by atoms with Gasteiger partial charge in [-0.1, -0.05) is 32.0 Å². The highest BCUT2D eigenvalue weighted by molar-refractivity contribution is 9.10. The Morgan fingerprint density at radius 1 is 1.24 bits per heavy atom. The number of nitrogens with zero attached hydrogens (tertiary/aromatic N) is 2. The van der Waals surface area contributed by atoms with Crippen molar-refractivity contribution in [2.45, 2.75) is 39.2 Å². The monoisotopic (exact) mass is 583 g/mol. The Morgan fingerprint density at radius 3 is 2.63 bits per heavy atom. The Bertz CT molecular complexity index is 1360. The summed E-state index contributed by atoms with van der Waals surface area (Å²) in [7, 11) is 3.10. The van der Waals surface area contributed by atoms with E-state index in [9.17, 15) is 14.4 Å². The lowest BCUT2D eigenvalue weighted by Crippen LogP contribution is -2.43. The van der Waals surface area contributed by atoms with Gasteiger partial charge in [0.15, 0.2) is 17.3 Å². The summed E-state index contributed by atoms with van der Waals surface area (Å²) in [6.45, 7) is 4.93. The number of hydrogen-bond acceptors (Lipinski definition) is 7. The first-order valence-electron chi connectivity index (χ1n) is 12.3. The molecule has 4 rings (SSSR count). The van der Waals surface area contributed by atoms with Crippen LogP contribution in [0.3, 0.4) is 0 Å². The maximum Gasteiger partial charge on any atom is 0.175 e. The van der Waals surface area contributed by atoms with Gasteiger partial charge >= 0.3 is 0 Å². The highest BCUT2D eigenvalue weighted by Crippen LogP contribution is 2.50. The molecule has 0 saturated heterocycles. The van der Waals surface area contributed by atoms with Gasteiger partial charge in [-0.25, -0.2) is 4.39 Å².